The lowest BCUT2D eigenvalue weighted by Crippen LogP contribution is -2.21. The van der Waals surface area contributed by atoms with Gasteiger partial charge in [-0.1, -0.05) is 0 Å². The molecule has 1 aromatic rings. The summed E-state index contributed by atoms with van der Waals surface area (Å²) in [5, 5.41) is 0. The monoisotopic (exact) mass is 194 g/mol. The van der Waals surface area contributed by atoms with E-state index in [4.69, 9.17) is 15.2 Å². The first-order valence-electron chi connectivity index (χ1n) is 4.57. The van der Waals surface area contributed by atoms with Crippen molar-refractivity contribution in [2.24, 2.45) is 5.73 Å². The van der Waals surface area contributed by atoms with Crippen LogP contribution >= 0.6 is 0 Å². The smallest absolute Gasteiger partial charge is 0.184 e. The first kappa shape index (κ1) is 9.27. The van der Waals surface area contributed by atoms with Crippen LogP contribution in [0.15, 0.2) is 12.3 Å². The molecule has 4 nitrogen and oxygen atoms in total. The van der Waals surface area contributed by atoms with E-state index in [0.717, 1.165) is 18.5 Å². The van der Waals surface area contributed by atoms with Crippen molar-refractivity contribution in [2.45, 2.75) is 18.4 Å². The van der Waals surface area contributed by atoms with Gasteiger partial charge in [-0.3, -0.25) is 4.98 Å². The summed E-state index contributed by atoms with van der Waals surface area (Å²) in [6.07, 6.45) is 3.62. The summed E-state index contributed by atoms with van der Waals surface area (Å²) in [7, 11) is 3.21. The molecule has 0 bridgehead atoms. The van der Waals surface area contributed by atoms with E-state index < -0.39 is 0 Å². The summed E-state index contributed by atoms with van der Waals surface area (Å²) in [5.74, 6) is 1.35. The zero-order valence-corrected chi connectivity index (χ0v) is 8.41. The molecule has 0 atom stereocenters. The highest BCUT2D eigenvalue weighted by Crippen LogP contribution is 2.47. The first-order valence-corrected chi connectivity index (χ1v) is 4.57. The lowest BCUT2D eigenvalue weighted by Gasteiger charge is -2.15. The number of aromatic nitrogens is 1. The Labute approximate surface area is 83.0 Å². The van der Waals surface area contributed by atoms with Gasteiger partial charge in [0, 0.05) is 12.3 Å². The standard InChI is InChI=1S/C10H14N2O2/c1-13-7-3-6-12-9(8(7)14-2)10(11)4-5-10/h3,6H,4-5,11H2,1-2H3. The molecule has 0 aliphatic heterocycles. The minimum Gasteiger partial charge on any atom is -0.493 e. The second-order valence-electron chi connectivity index (χ2n) is 3.55. The van der Waals surface area contributed by atoms with Crippen LogP contribution in [0.1, 0.15) is 18.5 Å². The van der Waals surface area contributed by atoms with E-state index in [1.165, 1.54) is 0 Å². The van der Waals surface area contributed by atoms with Crippen molar-refractivity contribution in [2.75, 3.05) is 14.2 Å². The maximum Gasteiger partial charge on any atom is 0.184 e. The molecule has 0 unspecified atom stereocenters. The van der Waals surface area contributed by atoms with Gasteiger partial charge in [-0.2, -0.15) is 0 Å². The third-order valence-corrected chi connectivity index (χ3v) is 2.55. The highest BCUT2D eigenvalue weighted by Gasteiger charge is 2.44. The van der Waals surface area contributed by atoms with Crippen molar-refractivity contribution >= 4 is 0 Å². The number of pyridine rings is 1. The van der Waals surface area contributed by atoms with Gasteiger partial charge in [0.25, 0.3) is 0 Å². The minimum absolute atomic E-state index is 0.292. The largest absolute Gasteiger partial charge is 0.493 e. The summed E-state index contributed by atoms with van der Waals surface area (Å²) in [5.41, 5.74) is 6.58. The number of hydrogen-bond donors (Lipinski definition) is 1. The Morgan fingerprint density at radius 1 is 1.36 bits per heavy atom. The molecule has 1 heterocycles. The Kier molecular flexibility index (Phi) is 2.07. The fourth-order valence-electron chi connectivity index (χ4n) is 1.51. The second kappa shape index (κ2) is 3.13. The number of nitrogens with two attached hydrogens (primary N) is 1. The quantitative estimate of drug-likeness (QED) is 0.781. The fourth-order valence-corrected chi connectivity index (χ4v) is 1.51. The van der Waals surface area contributed by atoms with Crippen LogP contribution < -0.4 is 15.2 Å². The number of rotatable bonds is 3. The average molecular weight is 194 g/mol. The van der Waals surface area contributed by atoms with E-state index in [-0.39, 0.29) is 5.54 Å². The molecule has 4 heteroatoms. The molecule has 1 aromatic heterocycles. The lowest BCUT2D eigenvalue weighted by atomic mass is 10.1. The van der Waals surface area contributed by atoms with E-state index in [0.29, 0.717) is 11.5 Å². The van der Waals surface area contributed by atoms with Crippen molar-refractivity contribution < 1.29 is 9.47 Å². The number of hydrogen-bond acceptors (Lipinski definition) is 4. The van der Waals surface area contributed by atoms with Crippen LogP contribution in [0.3, 0.4) is 0 Å². The maximum atomic E-state index is 6.07. The SMILES string of the molecule is COc1ccnc(C2(N)CC2)c1OC. The van der Waals surface area contributed by atoms with Gasteiger partial charge in [-0.05, 0) is 12.8 Å². The van der Waals surface area contributed by atoms with Crippen molar-refractivity contribution in [3.05, 3.63) is 18.0 Å². The molecule has 1 saturated carbocycles. The molecule has 0 radical (unpaired) electrons. The Morgan fingerprint density at radius 3 is 2.57 bits per heavy atom. The van der Waals surface area contributed by atoms with Crippen LogP contribution in [0.2, 0.25) is 0 Å². The molecular weight excluding hydrogens is 180 g/mol. The first-order chi connectivity index (χ1) is 6.71. The Balaban J connectivity index is 2.48. The van der Waals surface area contributed by atoms with Gasteiger partial charge < -0.3 is 15.2 Å². The fraction of sp³-hybridized carbons (Fsp3) is 0.500. The normalized spacial score (nSPS) is 17.6. The predicted molar refractivity (Wildman–Crippen MR) is 52.4 cm³/mol. The van der Waals surface area contributed by atoms with Crippen molar-refractivity contribution in [1.29, 1.82) is 0 Å². The van der Waals surface area contributed by atoms with Gasteiger partial charge in [0.2, 0.25) is 0 Å². The Hall–Kier alpha value is -1.29. The van der Waals surface area contributed by atoms with Crippen molar-refractivity contribution in [3.63, 3.8) is 0 Å². The third-order valence-electron chi connectivity index (χ3n) is 2.55. The van der Waals surface area contributed by atoms with E-state index in [2.05, 4.69) is 4.98 Å². The van der Waals surface area contributed by atoms with Gasteiger partial charge in [0.1, 0.15) is 5.69 Å². The molecule has 0 saturated heterocycles. The number of nitrogens with zero attached hydrogens (tertiary/aromatic N) is 1. The summed E-state index contributed by atoms with van der Waals surface area (Å²) < 4.78 is 10.4. The molecule has 2 rings (SSSR count). The van der Waals surface area contributed by atoms with E-state index in [1.807, 2.05) is 0 Å². The molecule has 0 aromatic carbocycles. The van der Waals surface area contributed by atoms with Crippen LogP contribution in [0.25, 0.3) is 0 Å². The Bertz CT molecular complexity index is 348. The zero-order valence-electron chi connectivity index (χ0n) is 8.41. The average Bonchev–Trinajstić information content (AvgIpc) is 2.96. The summed E-state index contributed by atoms with van der Waals surface area (Å²) >= 11 is 0. The highest BCUT2D eigenvalue weighted by molar-refractivity contribution is 5.47. The predicted octanol–water partition coefficient (Wildman–Crippen LogP) is 1.05. The van der Waals surface area contributed by atoms with Gasteiger partial charge in [0.05, 0.1) is 19.8 Å². The van der Waals surface area contributed by atoms with Crippen LogP contribution in [0.5, 0.6) is 11.5 Å². The molecule has 1 fully saturated rings. The summed E-state index contributed by atoms with van der Waals surface area (Å²) in [6, 6.07) is 1.77. The molecular formula is C10H14N2O2. The van der Waals surface area contributed by atoms with E-state index >= 15 is 0 Å². The van der Waals surface area contributed by atoms with Crippen LogP contribution in [-0.4, -0.2) is 19.2 Å². The summed E-state index contributed by atoms with van der Waals surface area (Å²) in [4.78, 5) is 4.26. The lowest BCUT2D eigenvalue weighted by molar-refractivity contribution is 0.345. The third kappa shape index (κ3) is 1.32. The molecule has 14 heavy (non-hydrogen) atoms. The molecule has 1 aliphatic rings. The van der Waals surface area contributed by atoms with Gasteiger partial charge >= 0.3 is 0 Å². The van der Waals surface area contributed by atoms with Crippen LogP contribution in [0, 0.1) is 0 Å². The molecule has 2 N–H and O–H groups in total. The van der Waals surface area contributed by atoms with Crippen molar-refractivity contribution in [1.82, 2.24) is 4.98 Å². The van der Waals surface area contributed by atoms with Gasteiger partial charge in [-0.15, -0.1) is 0 Å². The zero-order chi connectivity index (χ0) is 10.2. The van der Waals surface area contributed by atoms with Crippen molar-refractivity contribution in [3.8, 4) is 11.5 Å². The minimum atomic E-state index is -0.292. The van der Waals surface area contributed by atoms with E-state index in [1.54, 1.807) is 26.5 Å². The van der Waals surface area contributed by atoms with Crippen LogP contribution in [-0.2, 0) is 5.54 Å². The second-order valence-corrected chi connectivity index (χ2v) is 3.55. The highest BCUT2D eigenvalue weighted by atomic mass is 16.5. The topological polar surface area (TPSA) is 57.4 Å². The molecule has 1 aliphatic carbocycles. The number of ether oxygens (including phenoxy) is 2. The van der Waals surface area contributed by atoms with Gasteiger partial charge in [-0.25, -0.2) is 0 Å². The van der Waals surface area contributed by atoms with E-state index in [9.17, 15) is 0 Å². The van der Waals surface area contributed by atoms with Crippen LogP contribution in [0.4, 0.5) is 0 Å². The Morgan fingerprint density at radius 2 is 2.07 bits per heavy atom. The number of methoxy groups -OCH3 is 2. The summed E-state index contributed by atoms with van der Waals surface area (Å²) in [6.45, 7) is 0. The maximum absolute atomic E-state index is 6.07. The molecule has 0 spiro atoms. The van der Waals surface area contributed by atoms with Gasteiger partial charge in [0.15, 0.2) is 11.5 Å². The molecule has 0 amide bonds. The molecule has 76 valence electrons.